The Labute approximate surface area is 173 Å². The molecule has 6 heteroatoms. The molecule has 1 aromatic carbocycles. The summed E-state index contributed by atoms with van der Waals surface area (Å²) in [6, 6.07) is 11.6. The third-order valence-electron chi connectivity index (χ3n) is 4.74. The van der Waals surface area contributed by atoms with Crippen LogP contribution in [0.25, 0.3) is 0 Å². The fourth-order valence-electron chi connectivity index (χ4n) is 3.13. The van der Waals surface area contributed by atoms with E-state index in [2.05, 4.69) is 24.1 Å². The van der Waals surface area contributed by atoms with Gasteiger partial charge in [0.05, 0.1) is 23.9 Å². The maximum atomic E-state index is 12.5. The molecule has 3 N–H and O–H groups in total. The molecule has 2 aromatic rings. The number of ether oxygens (including phenoxy) is 1. The van der Waals surface area contributed by atoms with Gasteiger partial charge in [-0.25, -0.2) is 0 Å². The predicted molar refractivity (Wildman–Crippen MR) is 112 cm³/mol. The van der Waals surface area contributed by atoms with Crippen LogP contribution in [0.15, 0.2) is 48.7 Å². The van der Waals surface area contributed by atoms with Gasteiger partial charge in [-0.05, 0) is 56.0 Å². The van der Waals surface area contributed by atoms with Gasteiger partial charge in [0, 0.05) is 6.20 Å². The zero-order chi connectivity index (χ0) is 21.4. The molecule has 1 aromatic heterocycles. The van der Waals surface area contributed by atoms with Crippen molar-refractivity contribution in [2.75, 3.05) is 6.61 Å². The highest BCUT2D eigenvalue weighted by Gasteiger charge is 2.32. The van der Waals surface area contributed by atoms with E-state index in [1.54, 1.807) is 32.0 Å². The van der Waals surface area contributed by atoms with Gasteiger partial charge >= 0.3 is 0 Å². The van der Waals surface area contributed by atoms with Crippen LogP contribution in [0.1, 0.15) is 63.9 Å². The highest BCUT2D eigenvalue weighted by atomic mass is 16.5. The van der Waals surface area contributed by atoms with Crippen molar-refractivity contribution in [2.45, 2.75) is 58.3 Å². The predicted octanol–water partition coefficient (Wildman–Crippen LogP) is 3.56. The average molecular weight is 401 g/mol. The van der Waals surface area contributed by atoms with Gasteiger partial charge in [0.25, 0.3) is 5.91 Å². The number of carbonyl (C=O) groups is 1. The Morgan fingerprint density at radius 3 is 2.45 bits per heavy atom. The summed E-state index contributed by atoms with van der Waals surface area (Å²) < 4.78 is 5.82. The molecular formula is C23H32N2O4. The number of hydrogen-bond donors (Lipinski definition) is 3. The molecule has 0 radical (unpaired) electrons. The van der Waals surface area contributed by atoms with Crippen molar-refractivity contribution in [1.29, 1.82) is 0 Å². The van der Waals surface area contributed by atoms with Gasteiger partial charge < -0.3 is 20.3 Å². The molecule has 0 spiro atoms. The van der Waals surface area contributed by atoms with Crippen LogP contribution in [-0.2, 0) is 4.79 Å². The molecule has 0 saturated carbocycles. The molecule has 1 heterocycles. The Balaban J connectivity index is 2.09. The van der Waals surface area contributed by atoms with Gasteiger partial charge in [-0.1, -0.05) is 38.5 Å². The number of rotatable bonds is 10. The normalized spacial score (nSPS) is 14.7. The molecule has 6 nitrogen and oxygen atoms in total. The standard InChI is InChI=1S/C23H32N2O4/c1-5-8-16(2)15-29-18-12-10-17(11-13-18)21(23(3,4)28)25-22(27)20(26)19-9-6-7-14-24-19/h6-7,9-14,16,20-21,26,28H,5,8,15H2,1-4H3,(H,25,27)/t16?,20?,21-/m1/s1. The third-order valence-corrected chi connectivity index (χ3v) is 4.74. The van der Waals surface area contributed by atoms with E-state index in [9.17, 15) is 15.0 Å². The van der Waals surface area contributed by atoms with Crippen molar-refractivity contribution in [3.05, 3.63) is 59.9 Å². The van der Waals surface area contributed by atoms with E-state index in [-0.39, 0.29) is 5.69 Å². The van der Waals surface area contributed by atoms with E-state index in [4.69, 9.17) is 4.74 Å². The van der Waals surface area contributed by atoms with E-state index >= 15 is 0 Å². The Morgan fingerprint density at radius 2 is 1.90 bits per heavy atom. The average Bonchev–Trinajstić information content (AvgIpc) is 2.70. The van der Waals surface area contributed by atoms with Crippen LogP contribution in [-0.4, -0.2) is 33.3 Å². The summed E-state index contributed by atoms with van der Waals surface area (Å²) in [5.41, 5.74) is -0.269. The number of pyridine rings is 1. The zero-order valence-corrected chi connectivity index (χ0v) is 17.6. The van der Waals surface area contributed by atoms with E-state index in [1.807, 2.05) is 24.3 Å². The Hall–Kier alpha value is -2.44. The summed E-state index contributed by atoms with van der Waals surface area (Å²) in [4.78, 5) is 16.6. The molecule has 0 aliphatic carbocycles. The molecule has 0 bridgehead atoms. The number of aliphatic hydroxyl groups excluding tert-OH is 1. The highest BCUT2D eigenvalue weighted by Crippen LogP contribution is 2.28. The van der Waals surface area contributed by atoms with Gasteiger partial charge in [-0.3, -0.25) is 9.78 Å². The number of nitrogens with zero attached hydrogens (tertiary/aromatic N) is 1. The first-order valence-electron chi connectivity index (χ1n) is 10.1. The van der Waals surface area contributed by atoms with Crippen molar-refractivity contribution in [3.63, 3.8) is 0 Å². The molecule has 29 heavy (non-hydrogen) atoms. The minimum absolute atomic E-state index is 0.254. The van der Waals surface area contributed by atoms with E-state index < -0.39 is 23.7 Å². The van der Waals surface area contributed by atoms with Gasteiger partial charge in [0.1, 0.15) is 5.75 Å². The first-order chi connectivity index (χ1) is 13.7. The number of benzene rings is 1. The topological polar surface area (TPSA) is 91.7 Å². The largest absolute Gasteiger partial charge is 0.493 e. The Morgan fingerprint density at radius 1 is 1.21 bits per heavy atom. The fraction of sp³-hybridized carbons (Fsp3) is 0.478. The molecule has 2 unspecified atom stereocenters. The zero-order valence-electron chi connectivity index (χ0n) is 17.6. The summed E-state index contributed by atoms with van der Waals surface area (Å²) in [5.74, 6) is 0.603. The second kappa shape index (κ2) is 10.4. The number of nitrogens with one attached hydrogen (secondary N) is 1. The summed E-state index contributed by atoms with van der Waals surface area (Å²) in [5, 5.41) is 23.6. The second-order valence-electron chi connectivity index (χ2n) is 8.03. The summed E-state index contributed by atoms with van der Waals surface area (Å²) in [7, 11) is 0. The van der Waals surface area contributed by atoms with Crippen molar-refractivity contribution in [2.24, 2.45) is 5.92 Å². The van der Waals surface area contributed by atoms with Gasteiger partial charge in [0.15, 0.2) is 6.10 Å². The third kappa shape index (κ3) is 6.84. The van der Waals surface area contributed by atoms with Gasteiger partial charge in [-0.15, -0.1) is 0 Å². The van der Waals surface area contributed by atoms with Crippen LogP contribution in [0.5, 0.6) is 5.75 Å². The first kappa shape index (κ1) is 22.8. The van der Waals surface area contributed by atoms with Crippen molar-refractivity contribution >= 4 is 5.91 Å². The monoisotopic (exact) mass is 400 g/mol. The van der Waals surface area contributed by atoms with E-state index in [0.29, 0.717) is 18.1 Å². The van der Waals surface area contributed by atoms with Crippen LogP contribution < -0.4 is 10.1 Å². The van der Waals surface area contributed by atoms with Crippen molar-refractivity contribution < 1.29 is 19.7 Å². The van der Waals surface area contributed by atoms with Crippen LogP contribution in [0.3, 0.4) is 0 Å². The lowest BCUT2D eigenvalue weighted by atomic mass is 9.91. The minimum atomic E-state index is -1.41. The summed E-state index contributed by atoms with van der Waals surface area (Å²) in [6.07, 6.45) is 2.34. The molecule has 3 atom stereocenters. The molecule has 0 fully saturated rings. The lowest BCUT2D eigenvalue weighted by Crippen LogP contribution is -2.44. The quantitative estimate of drug-likeness (QED) is 0.567. The molecular weight excluding hydrogens is 368 g/mol. The molecule has 0 saturated heterocycles. The van der Waals surface area contributed by atoms with E-state index in [0.717, 1.165) is 18.6 Å². The SMILES string of the molecule is CCCC(C)COc1ccc([C@@H](NC(=O)C(O)c2ccccn2)C(C)(C)O)cc1. The number of aliphatic hydroxyl groups is 2. The number of hydrogen-bond acceptors (Lipinski definition) is 5. The molecule has 158 valence electrons. The van der Waals surface area contributed by atoms with Crippen molar-refractivity contribution in [3.8, 4) is 5.75 Å². The number of aromatic nitrogens is 1. The van der Waals surface area contributed by atoms with Gasteiger partial charge in [-0.2, -0.15) is 0 Å². The van der Waals surface area contributed by atoms with Crippen molar-refractivity contribution in [1.82, 2.24) is 10.3 Å². The smallest absolute Gasteiger partial charge is 0.255 e. The molecule has 2 rings (SSSR count). The van der Waals surface area contributed by atoms with Crippen LogP contribution in [0.2, 0.25) is 0 Å². The lowest BCUT2D eigenvalue weighted by Gasteiger charge is -2.31. The fourth-order valence-corrected chi connectivity index (χ4v) is 3.13. The maximum Gasteiger partial charge on any atom is 0.255 e. The molecule has 0 aliphatic heterocycles. The summed E-state index contributed by atoms with van der Waals surface area (Å²) in [6.45, 7) is 8.19. The van der Waals surface area contributed by atoms with Gasteiger partial charge in [0.2, 0.25) is 0 Å². The second-order valence-corrected chi connectivity index (χ2v) is 8.03. The Bertz CT molecular complexity index is 757. The highest BCUT2D eigenvalue weighted by molar-refractivity contribution is 5.82. The van der Waals surface area contributed by atoms with Crippen LogP contribution in [0.4, 0.5) is 0 Å². The van der Waals surface area contributed by atoms with Crippen LogP contribution in [0, 0.1) is 5.92 Å². The molecule has 1 amide bonds. The van der Waals surface area contributed by atoms with E-state index in [1.165, 1.54) is 6.20 Å². The first-order valence-corrected chi connectivity index (χ1v) is 10.1. The number of carbonyl (C=O) groups excluding carboxylic acids is 1. The Kier molecular flexibility index (Phi) is 8.17. The van der Waals surface area contributed by atoms with Crippen LogP contribution >= 0.6 is 0 Å². The number of amides is 1. The molecule has 0 aliphatic rings. The maximum absolute atomic E-state index is 12.5. The lowest BCUT2D eigenvalue weighted by molar-refractivity contribution is -0.132. The minimum Gasteiger partial charge on any atom is -0.493 e. The summed E-state index contributed by atoms with van der Waals surface area (Å²) >= 11 is 0.